The zero-order valence-electron chi connectivity index (χ0n) is 20.1. The number of nitrogens with one attached hydrogen (secondary N) is 1. The molecular formula is C24H36N6O2. The molecule has 8 nitrogen and oxygen atoms in total. The highest BCUT2D eigenvalue weighted by Gasteiger charge is 2.33. The molecule has 32 heavy (non-hydrogen) atoms. The second-order valence-corrected chi connectivity index (χ2v) is 9.57. The minimum Gasteiger partial charge on any atom is -0.396 e. The predicted octanol–water partition coefficient (Wildman–Crippen LogP) is 3.55. The molecule has 0 bridgehead atoms. The first-order valence-electron chi connectivity index (χ1n) is 11.4. The molecule has 174 valence electrons. The summed E-state index contributed by atoms with van der Waals surface area (Å²) in [4.78, 5) is 18.2. The Kier molecular flexibility index (Phi) is 7.46. The number of aliphatic hydroxyl groups excluding tert-OH is 1. The maximum atomic E-state index is 12.9. The number of pyridine rings is 1. The third-order valence-electron chi connectivity index (χ3n) is 6.28. The molecule has 0 aliphatic heterocycles. The highest BCUT2D eigenvalue weighted by Crippen LogP contribution is 2.32. The van der Waals surface area contributed by atoms with Crippen LogP contribution in [0.1, 0.15) is 70.5 Å². The van der Waals surface area contributed by atoms with E-state index in [-0.39, 0.29) is 29.7 Å². The van der Waals surface area contributed by atoms with Gasteiger partial charge in [-0.05, 0) is 73.0 Å². The molecule has 2 heterocycles. The van der Waals surface area contributed by atoms with Crippen LogP contribution in [0.15, 0.2) is 29.1 Å². The molecular weight excluding hydrogens is 404 g/mol. The van der Waals surface area contributed by atoms with E-state index in [1.54, 1.807) is 0 Å². The summed E-state index contributed by atoms with van der Waals surface area (Å²) in [6.45, 7) is 13.8. The number of aromatic nitrogens is 5. The molecule has 0 saturated carbocycles. The highest BCUT2D eigenvalue weighted by molar-refractivity contribution is 5.79. The Balaban J connectivity index is 2.04. The fourth-order valence-electron chi connectivity index (χ4n) is 4.13. The molecule has 1 aromatic carbocycles. The van der Waals surface area contributed by atoms with Gasteiger partial charge >= 0.3 is 0 Å². The molecule has 1 atom stereocenters. The topological polar surface area (TPSA) is 99.9 Å². The van der Waals surface area contributed by atoms with E-state index in [4.69, 9.17) is 0 Å². The number of rotatable bonds is 10. The van der Waals surface area contributed by atoms with E-state index in [1.807, 2.05) is 35.9 Å². The standard InChI is InChI=1S/C24H36N6O2/c1-7-24(5,6)30-22(26-27-28-30)21(16(2)3)29(11-8-12-31)15-19-14-18-10-9-17(4)13-20(18)25-23(19)32/h9-10,13-14,16,21,31H,7-8,11-12,15H2,1-6H3,(H,25,32). The number of nitrogens with zero attached hydrogens (tertiary/aromatic N) is 5. The summed E-state index contributed by atoms with van der Waals surface area (Å²) in [7, 11) is 0. The molecule has 2 aromatic heterocycles. The molecule has 2 N–H and O–H groups in total. The SMILES string of the molecule is CCC(C)(C)n1nnnc1C(C(C)C)N(CCCO)Cc1cc2ccc(C)cc2[nH]c1=O. The lowest BCUT2D eigenvalue weighted by Gasteiger charge is -2.35. The van der Waals surface area contributed by atoms with E-state index in [0.29, 0.717) is 25.1 Å². The van der Waals surface area contributed by atoms with Crippen LogP contribution in [-0.2, 0) is 12.1 Å². The third kappa shape index (κ3) is 5.07. The molecule has 3 rings (SSSR count). The van der Waals surface area contributed by atoms with Gasteiger partial charge in [-0.25, -0.2) is 4.68 Å². The van der Waals surface area contributed by atoms with E-state index in [0.717, 1.165) is 28.7 Å². The third-order valence-corrected chi connectivity index (χ3v) is 6.28. The Morgan fingerprint density at radius 1 is 1.25 bits per heavy atom. The van der Waals surface area contributed by atoms with Crippen molar-refractivity contribution in [1.82, 2.24) is 30.1 Å². The van der Waals surface area contributed by atoms with Gasteiger partial charge in [-0.2, -0.15) is 0 Å². The largest absolute Gasteiger partial charge is 0.396 e. The smallest absolute Gasteiger partial charge is 0.252 e. The van der Waals surface area contributed by atoms with Crippen LogP contribution in [0.4, 0.5) is 0 Å². The van der Waals surface area contributed by atoms with E-state index < -0.39 is 0 Å². The van der Waals surface area contributed by atoms with Gasteiger partial charge < -0.3 is 10.1 Å². The Morgan fingerprint density at radius 2 is 2.00 bits per heavy atom. The van der Waals surface area contributed by atoms with Gasteiger partial charge in [0.25, 0.3) is 5.56 Å². The van der Waals surface area contributed by atoms with Gasteiger partial charge in [-0.1, -0.05) is 32.9 Å². The maximum Gasteiger partial charge on any atom is 0.252 e. The van der Waals surface area contributed by atoms with Crippen LogP contribution >= 0.6 is 0 Å². The average molecular weight is 441 g/mol. The van der Waals surface area contributed by atoms with Gasteiger partial charge in [0, 0.05) is 30.8 Å². The van der Waals surface area contributed by atoms with Gasteiger partial charge in [0.1, 0.15) is 0 Å². The average Bonchev–Trinajstić information content (AvgIpc) is 3.22. The maximum absolute atomic E-state index is 12.9. The minimum atomic E-state index is -0.229. The Hall–Kier alpha value is -2.58. The van der Waals surface area contributed by atoms with Gasteiger partial charge in [-0.15, -0.1) is 5.10 Å². The van der Waals surface area contributed by atoms with Crippen LogP contribution in [0, 0.1) is 12.8 Å². The van der Waals surface area contributed by atoms with Crippen LogP contribution in [0.25, 0.3) is 10.9 Å². The molecule has 1 unspecified atom stereocenters. The second kappa shape index (κ2) is 9.92. The number of aromatic amines is 1. The molecule has 0 spiro atoms. The number of hydrogen-bond donors (Lipinski definition) is 2. The second-order valence-electron chi connectivity index (χ2n) is 9.57. The minimum absolute atomic E-state index is 0.0834. The fraction of sp³-hybridized carbons (Fsp3) is 0.583. The van der Waals surface area contributed by atoms with E-state index in [2.05, 4.69) is 60.0 Å². The van der Waals surface area contributed by atoms with Crippen LogP contribution in [0.5, 0.6) is 0 Å². The number of tetrazole rings is 1. The van der Waals surface area contributed by atoms with Crippen molar-refractivity contribution in [2.75, 3.05) is 13.2 Å². The quantitative estimate of drug-likeness (QED) is 0.500. The normalized spacial score (nSPS) is 13.4. The lowest BCUT2D eigenvalue weighted by molar-refractivity contribution is 0.115. The lowest BCUT2D eigenvalue weighted by atomic mass is 9.97. The molecule has 8 heteroatoms. The van der Waals surface area contributed by atoms with Crippen molar-refractivity contribution < 1.29 is 5.11 Å². The number of H-pyrrole nitrogens is 1. The van der Waals surface area contributed by atoms with E-state index in [1.165, 1.54) is 0 Å². The summed E-state index contributed by atoms with van der Waals surface area (Å²) in [5, 5.41) is 23.3. The predicted molar refractivity (Wildman–Crippen MR) is 126 cm³/mol. The van der Waals surface area contributed by atoms with Crippen LogP contribution < -0.4 is 5.56 Å². The first-order chi connectivity index (χ1) is 15.2. The van der Waals surface area contributed by atoms with Gasteiger partial charge in [0.05, 0.1) is 11.6 Å². The van der Waals surface area contributed by atoms with Crippen molar-refractivity contribution in [3.8, 4) is 0 Å². The van der Waals surface area contributed by atoms with Crippen molar-refractivity contribution in [2.45, 2.75) is 72.5 Å². The fourth-order valence-corrected chi connectivity index (χ4v) is 4.13. The summed E-state index contributed by atoms with van der Waals surface area (Å²) in [5.41, 5.74) is 2.32. The van der Waals surface area contributed by atoms with Crippen molar-refractivity contribution >= 4 is 10.9 Å². The first-order valence-corrected chi connectivity index (χ1v) is 11.4. The van der Waals surface area contributed by atoms with Gasteiger partial charge in [0.15, 0.2) is 5.82 Å². The number of aryl methyl sites for hydroxylation is 1. The van der Waals surface area contributed by atoms with Crippen LogP contribution in [0.3, 0.4) is 0 Å². The van der Waals surface area contributed by atoms with Crippen LogP contribution in [-0.4, -0.2) is 48.3 Å². The first kappa shape index (κ1) is 24.1. The molecule has 0 amide bonds. The summed E-state index contributed by atoms with van der Waals surface area (Å²) in [5.74, 6) is 0.992. The van der Waals surface area contributed by atoms with Crippen molar-refractivity contribution in [2.24, 2.45) is 5.92 Å². The van der Waals surface area contributed by atoms with E-state index >= 15 is 0 Å². The number of hydrogen-bond acceptors (Lipinski definition) is 6. The summed E-state index contributed by atoms with van der Waals surface area (Å²) < 4.78 is 1.91. The van der Waals surface area contributed by atoms with E-state index in [9.17, 15) is 9.90 Å². The Labute approximate surface area is 189 Å². The highest BCUT2D eigenvalue weighted by atomic mass is 16.3. The van der Waals surface area contributed by atoms with Gasteiger partial charge in [0.2, 0.25) is 0 Å². The molecule has 0 radical (unpaired) electrons. The van der Waals surface area contributed by atoms with Crippen molar-refractivity contribution in [3.63, 3.8) is 0 Å². The van der Waals surface area contributed by atoms with Crippen LogP contribution in [0.2, 0.25) is 0 Å². The van der Waals surface area contributed by atoms with Gasteiger partial charge in [-0.3, -0.25) is 9.69 Å². The number of benzene rings is 1. The Bertz CT molecular complexity index is 1100. The zero-order chi connectivity index (χ0) is 23.5. The summed E-state index contributed by atoms with van der Waals surface area (Å²) in [6.07, 6.45) is 1.49. The number of aliphatic hydroxyl groups is 1. The Morgan fingerprint density at radius 3 is 2.66 bits per heavy atom. The molecule has 3 aromatic rings. The zero-order valence-corrected chi connectivity index (χ0v) is 20.1. The summed E-state index contributed by atoms with van der Waals surface area (Å²) >= 11 is 0. The van der Waals surface area contributed by atoms with Crippen molar-refractivity contribution in [1.29, 1.82) is 0 Å². The number of fused-ring (bicyclic) bond motifs is 1. The molecule has 0 aliphatic carbocycles. The monoisotopic (exact) mass is 440 g/mol. The lowest BCUT2D eigenvalue weighted by Crippen LogP contribution is -2.39. The molecule has 0 saturated heterocycles. The molecule has 0 fully saturated rings. The van der Waals surface area contributed by atoms with Crippen molar-refractivity contribution in [3.05, 3.63) is 51.6 Å². The summed E-state index contributed by atoms with van der Waals surface area (Å²) in [6, 6.07) is 7.94. The molecule has 0 aliphatic rings.